The molecule has 2 N–H and O–H groups in total. The van der Waals surface area contributed by atoms with Crippen molar-refractivity contribution < 1.29 is 19.1 Å². The third-order valence-corrected chi connectivity index (χ3v) is 5.62. The number of hydrogen-bond donors (Lipinski definition) is 2. The second-order valence-electron chi connectivity index (χ2n) is 8.14. The smallest absolute Gasteiger partial charge is 0.253 e. The van der Waals surface area contributed by atoms with E-state index in [9.17, 15) is 14.4 Å². The first-order valence-electron chi connectivity index (χ1n) is 10.7. The van der Waals surface area contributed by atoms with Gasteiger partial charge in [-0.15, -0.1) is 0 Å². The number of amides is 3. The highest BCUT2D eigenvalue weighted by atomic mass is 16.5. The minimum absolute atomic E-state index is 0.00329. The summed E-state index contributed by atoms with van der Waals surface area (Å²) in [4.78, 5) is 41.5. The van der Waals surface area contributed by atoms with Crippen molar-refractivity contribution in [3.05, 3.63) is 29.8 Å². The maximum absolute atomic E-state index is 12.7. The normalized spacial score (nSPS) is 19.9. The van der Waals surface area contributed by atoms with Crippen molar-refractivity contribution in [2.45, 2.75) is 32.7 Å². The highest BCUT2D eigenvalue weighted by Gasteiger charge is 2.35. The summed E-state index contributed by atoms with van der Waals surface area (Å²) >= 11 is 0. The first-order chi connectivity index (χ1) is 14.5. The van der Waals surface area contributed by atoms with Gasteiger partial charge in [0.2, 0.25) is 11.8 Å². The molecule has 0 unspecified atom stereocenters. The molecule has 8 heteroatoms. The van der Waals surface area contributed by atoms with Crippen LogP contribution in [0.1, 0.15) is 37.0 Å². The molecule has 3 rings (SSSR count). The Kier molecular flexibility index (Phi) is 7.81. The van der Waals surface area contributed by atoms with Crippen LogP contribution in [-0.4, -0.2) is 79.5 Å². The van der Waals surface area contributed by atoms with Gasteiger partial charge < -0.3 is 20.3 Å². The molecule has 0 aromatic heterocycles. The molecule has 30 heavy (non-hydrogen) atoms. The standard InChI is InChI=1S/C22H32N4O4/c1-16(2)26-15-17(14-20(26)27)21(28)24-19-7-4-3-6-18(19)22(29)23-8-5-9-25-10-12-30-13-11-25/h3-4,6-7,16-17H,5,8-15H2,1-2H3,(H,23,29)(H,24,28)/t17-/m0/s1. The number of carbonyl (C=O) groups excluding carboxylic acids is 3. The second-order valence-corrected chi connectivity index (χ2v) is 8.14. The van der Waals surface area contributed by atoms with E-state index in [0.29, 0.717) is 24.3 Å². The molecule has 1 atom stereocenters. The van der Waals surface area contributed by atoms with Crippen LogP contribution >= 0.6 is 0 Å². The maximum Gasteiger partial charge on any atom is 0.253 e. The van der Waals surface area contributed by atoms with Crippen LogP contribution in [0.5, 0.6) is 0 Å². The minimum Gasteiger partial charge on any atom is -0.379 e. The predicted octanol–water partition coefficient (Wildman–Crippen LogP) is 1.33. The van der Waals surface area contributed by atoms with Gasteiger partial charge in [0, 0.05) is 38.6 Å². The molecule has 3 amide bonds. The van der Waals surface area contributed by atoms with Crippen molar-refractivity contribution in [1.82, 2.24) is 15.1 Å². The van der Waals surface area contributed by atoms with Gasteiger partial charge in [0.15, 0.2) is 0 Å². The zero-order valence-electron chi connectivity index (χ0n) is 17.9. The molecule has 1 aromatic rings. The Morgan fingerprint density at radius 3 is 2.63 bits per heavy atom. The molecule has 0 radical (unpaired) electrons. The van der Waals surface area contributed by atoms with E-state index in [0.717, 1.165) is 39.3 Å². The molecule has 0 aliphatic carbocycles. The van der Waals surface area contributed by atoms with Crippen LogP contribution in [0, 0.1) is 5.92 Å². The number of nitrogens with zero attached hydrogens (tertiary/aromatic N) is 2. The third kappa shape index (κ3) is 5.79. The topological polar surface area (TPSA) is 91.0 Å². The van der Waals surface area contributed by atoms with Crippen LogP contribution < -0.4 is 10.6 Å². The van der Waals surface area contributed by atoms with Crippen molar-refractivity contribution in [1.29, 1.82) is 0 Å². The summed E-state index contributed by atoms with van der Waals surface area (Å²) in [5.41, 5.74) is 0.908. The lowest BCUT2D eigenvalue weighted by Crippen LogP contribution is -2.38. The highest BCUT2D eigenvalue weighted by molar-refractivity contribution is 6.05. The molecule has 0 saturated carbocycles. The van der Waals surface area contributed by atoms with E-state index in [1.54, 1.807) is 29.2 Å². The number of likely N-dealkylation sites (tertiary alicyclic amines) is 1. The van der Waals surface area contributed by atoms with Gasteiger partial charge in [-0.2, -0.15) is 0 Å². The van der Waals surface area contributed by atoms with Crippen LogP contribution in [0.15, 0.2) is 24.3 Å². The lowest BCUT2D eigenvalue weighted by Gasteiger charge is -2.26. The van der Waals surface area contributed by atoms with Gasteiger partial charge in [0.05, 0.1) is 30.4 Å². The quantitative estimate of drug-likeness (QED) is 0.624. The highest BCUT2D eigenvalue weighted by Crippen LogP contribution is 2.23. The van der Waals surface area contributed by atoms with Crippen LogP contribution in [0.4, 0.5) is 5.69 Å². The fourth-order valence-electron chi connectivity index (χ4n) is 3.86. The number of anilines is 1. The van der Waals surface area contributed by atoms with E-state index in [-0.39, 0.29) is 30.2 Å². The lowest BCUT2D eigenvalue weighted by atomic mass is 10.1. The minimum atomic E-state index is -0.399. The summed E-state index contributed by atoms with van der Waals surface area (Å²) in [6.45, 7) is 9.18. The van der Waals surface area contributed by atoms with E-state index in [2.05, 4.69) is 15.5 Å². The summed E-state index contributed by atoms with van der Waals surface area (Å²) in [5, 5.41) is 5.80. The van der Waals surface area contributed by atoms with Gasteiger partial charge in [-0.05, 0) is 38.9 Å². The number of rotatable bonds is 8. The largest absolute Gasteiger partial charge is 0.379 e. The van der Waals surface area contributed by atoms with Crippen molar-refractivity contribution in [2.75, 3.05) is 51.3 Å². The average Bonchev–Trinajstić information content (AvgIpc) is 3.14. The molecule has 0 spiro atoms. The average molecular weight is 417 g/mol. The SMILES string of the molecule is CC(C)N1C[C@@H](C(=O)Nc2ccccc2C(=O)NCCCN2CCOCC2)CC1=O. The third-order valence-electron chi connectivity index (χ3n) is 5.62. The zero-order valence-corrected chi connectivity index (χ0v) is 17.9. The number of ether oxygens (including phenoxy) is 1. The van der Waals surface area contributed by atoms with Gasteiger partial charge in [0.1, 0.15) is 0 Å². The number of para-hydroxylation sites is 1. The Morgan fingerprint density at radius 1 is 1.20 bits per heavy atom. The van der Waals surface area contributed by atoms with Crippen LogP contribution in [0.3, 0.4) is 0 Å². The molecular formula is C22H32N4O4. The molecular weight excluding hydrogens is 384 g/mol. The van der Waals surface area contributed by atoms with E-state index >= 15 is 0 Å². The Morgan fingerprint density at radius 2 is 1.93 bits per heavy atom. The van der Waals surface area contributed by atoms with Gasteiger partial charge >= 0.3 is 0 Å². The van der Waals surface area contributed by atoms with Gasteiger partial charge in [-0.1, -0.05) is 12.1 Å². The van der Waals surface area contributed by atoms with Crippen molar-refractivity contribution >= 4 is 23.4 Å². The molecule has 8 nitrogen and oxygen atoms in total. The molecule has 2 saturated heterocycles. The second kappa shape index (κ2) is 10.5. The van der Waals surface area contributed by atoms with Crippen molar-refractivity contribution in [2.24, 2.45) is 5.92 Å². The Labute approximate surface area is 177 Å². The van der Waals surface area contributed by atoms with Gasteiger partial charge in [-0.25, -0.2) is 0 Å². The fourth-order valence-corrected chi connectivity index (χ4v) is 3.86. The molecule has 1 aromatic carbocycles. The molecule has 0 bridgehead atoms. The summed E-state index contributed by atoms with van der Waals surface area (Å²) in [7, 11) is 0. The number of benzene rings is 1. The number of hydrogen-bond acceptors (Lipinski definition) is 5. The van der Waals surface area contributed by atoms with Crippen LogP contribution in [0.2, 0.25) is 0 Å². The Balaban J connectivity index is 1.51. The molecule has 2 aliphatic rings. The van der Waals surface area contributed by atoms with E-state index in [1.165, 1.54) is 0 Å². The number of nitrogens with one attached hydrogen (secondary N) is 2. The van der Waals surface area contributed by atoms with E-state index < -0.39 is 5.92 Å². The van der Waals surface area contributed by atoms with Crippen molar-refractivity contribution in [3.8, 4) is 0 Å². The first kappa shape index (κ1) is 22.2. The number of carbonyl (C=O) groups is 3. The van der Waals surface area contributed by atoms with Gasteiger partial charge in [-0.3, -0.25) is 19.3 Å². The van der Waals surface area contributed by atoms with Gasteiger partial charge in [0.25, 0.3) is 5.91 Å². The summed E-state index contributed by atoms with van der Waals surface area (Å²) in [5.74, 6) is -0.834. The predicted molar refractivity (Wildman–Crippen MR) is 114 cm³/mol. The molecule has 2 heterocycles. The first-order valence-corrected chi connectivity index (χ1v) is 10.7. The van der Waals surface area contributed by atoms with E-state index in [1.807, 2.05) is 13.8 Å². The lowest BCUT2D eigenvalue weighted by molar-refractivity contribution is -0.129. The van der Waals surface area contributed by atoms with Crippen LogP contribution in [-0.2, 0) is 14.3 Å². The summed E-state index contributed by atoms with van der Waals surface area (Å²) in [6.07, 6.45) is 1.06. The maximum atomic E-state index is 12.7. The monoisotopic (exact) mass is 416 g/mol. The Bertz CT molecular complexity index is 761. The summed E-state index contributed by atoms with van der Waals surface area (Å²) < 4.78 is 5.34. The fraction of sp³-hybridized carbons (Fsp3) is 0.591. The number of morpholine rings is 1. The zero-order chi connectivity index (χ0) is 21.5. The van der Waals surface area contributed by atoms with E-state index in [4.69, 9.17) is 4.74 Å². The molecule has 2 fully saturated rings. The van der Waals surface area contributed by atoms with Crippen molar-refractivity contribution in [3.63, 3.8) is 0 Å². The molecule has 164 valence electrons. The van der Waals surface area contributed by atoms with Crippen LogP contribution in [0.25, 0.3) is 0 Å². The Hall–Kier alpha value is -2.45. The molecule has 2 aliphatic heterocycles. The summed E-state index contributed by atoms with van der Waals surface area (Å²) in [6, 6.07) is 7.05.